The third-order valence-corrected chi connectivity index (χ3v) is 1.90. The Hall–Kier alpha value is -0.530. The molecule has 0 aromatic heterocycles. The van der Waals surface area contributed by atoms with Crippen LogP contribution in [0.3, 0.4) is 0 Å². The van der Waals surface area contributed by atoms with Gasteiger partial charge in [-0.3, -0.25) is 0 Å². The lowest BCUT2D eigenvalue weighted by Crippen LogP contribution is -2.10. The zero-order chi connectivity index (χ0) is 8.69. The van der Waals surface area contributed by atoms with Crippen LogP contribution in [0.4, 0.5) is 0 Å². The minimum Gasteiger partial charge on any atom is -0.399 e. The summed E-state index contributed by atoms with van der Waals surface area (Å²) >= 11 is 0. The van der Waals surface area contributed by atoms with Crippen molar-refractivity contribution < 1.29 is 4.84 Å². The first kappa shape index (κ1) is 10.5. The lowest BCUT2D eigenvalue weighted by atomic mass is 9.99. The third kappa shape index (κ3) is 4.02. The molecule has 0 heterocycles. The van der Waals surface area contributed by atoms with E-state index < -0.39 is 0 Å². The molecule has 0 unspecified atom stereocenters. The first-order valence-electron chi connectivity index (χ1n) is 4.36. The second-order valence-electron chi connectivity index (χ2n) is 2.82. The first-order valence-corrected chi connectivity index (χ1v) is 4.36. The molecule has 0 bridgehead atoms. The molecule has 1 atom stereocenters. The van der Waals surface area contributed by atoms with Crippen molar-refractivity contribution in [1.29, 1.82) is 0 Å². The summed E-state index contributed by atoms with van der Waals surface area (Å²) in [6.07, 6.45) is 3.34. The van der Waals surface area contributed by atoms with E-state index in [4.69, 9.17) is 4.84 Å². The fraction of sp³-hybridized carbons (Fsp3) is 0.889. The molecular formula is C9H19NO. The van der Waals surface area contributed by atoms with Crippen LogP contribution in [0.15, 0.2) is 5.16 Å². The molecule has 0 saturated heterocycles. The van der Waals surface area contributed by atoms with Gasteiger partial charge in [0.1, 0.15) is 7.11 Å². The monoisotopic (exact) mass is 157 g/mol. The van der Waals surface area contributed by atoms with Crippen LogP contribution in [0.1, 0.15) is 40.0 Å². The van der Waals surface area contributed by atoms with Gasteiger partial charge >= 0.3 is 0 Å². The highest BCUT2D eigenvalue weighted by Crippen LogP contribution is 2.09. The molecule has 0 rings (SSSR count). The quantitative estimate of drug-likeness (QED) is 0.444. The SMILES string of the molecule is CCC/C(=N/OC)[C@H](C)CC. The smallest absolute Gasteiger partial charge is 0.106 e. The number of rotatable bonds is 5. The van der Waals surface area contributed by atoms with Crippen LogP contribution >= 0.6 is 0 Å². The highest BCUT2D eigenvalue weighted by atomic mass is 16.6. The molecule has 0 saturated carbocycles. The van der Waals surface area contributed by atoms with Gasteiger partial charge in [-0.05, 0) is 18.8 Å². The molecule has 0 amide bonds. The van der Waals surface area contributed by atoms with Crippen molar-refractivity contribution in [3.63, 3.8) is 0 Å². The number of oxime groups is 1. The lowest BCUT2D eigenvalue weighted by molar-refractivity contribution is 0.210. The zero-order valence-corrected chi connectivity index (χ0v) is 8.05. The van der Waals surface area contributed by atoms with Crippen LogP contribution in [-0.2, 0) is 4.84 Å². The van der Waals surface area contributed by atoms with Crippen LogP contribution in [0.2, 0.25) is 0 Å². The molecule has 0 spiro atoms. The molecule has 11 heavy (non-hydrogen) atoms. The summed E-state index contributed by atoms with van der Waals surface area (Å²) in [6.45, 7) is 6.52. The number of nitrogens with zero attached hydrogens (tertiary/aromatic N) is 1. The van der Waals surface area contributed by atoms with Crippen LogP contribution in [0.25, 0.3) is 0 Å². The summed E-state index contributed by atoms with van der Waals surface area (Å²) in [7, 11) is 1.61. The average Bonchev–Trinajstić information content (AvgIpc) is 2.03. The summed E-state index contributed by atoms with van der Waals surface area (Å²) < 4.78 is 0. The van der Waals surface area contributed by atoms with E-state index >= 15 is 0 Å². The molecule has 0 aromatic carbocycles. The summed E-state index contributed by atoms with van der Waals surface area (Å²) in [5.74, 6) is 0.565. The highest BCUT2D eigenvalue weighted by Gasteiger charge is 2.07. The summed E-state index contributed by atoms with van der Waals surface area (Å²) in [5, 5.41) is 4.00. The topological polar surface area (TPSA) is 21.6 Å². The number of hydrogen-bond acceptors (Lipinski definition) is 2. The second-order valence-corrected chi connectivity index (χ2v) is 2.82. The zero-order valence-electron chi connectivity index (χ0n) is 8.05. The van der Waals surface area contributed by atoms with Crippen LogP contribution in [-0.4, -0.2) is 12.8 Å². The van der Waals surface area contributed by atoms with Gasteiger partial charge in [0.15, 0.2) is 0 Å². The second kappa shape index (κ2) is 6.20. The van der Waals surface area contributed by atoms with Gasteiger partial charge in [-0.2, -0.15) is 0 Å². The molecule has 0 aliphatic rings. The number of hydrogen-bond donors (Lipinski definition) is 0. The lowest BCUT2D eigenvalue weighted by Gasteiger charge is -2.09. The molecule has 0 aliphatic heterocycles. The average molecular weight is 157 g/mol. The van der Waals surface area contributed by atoms with Crippen molar-refractivity contribution in [2.24, 2.45) is 11.1 Å². The Balaban J connectivity index is 3.97. The van der Waals surface area contributed by atoms with Crippen LogP contribution in [0, 0.1) is 5.92 Å². The maximum absolute atomic E-state index is 4.77. The molecule has 0 N–H and O–H groups in total. The third-order valence-electron chi connectivity index (χ3n) is 1.90. The Labute approximate surface area is 69.6 Å². The summed E-state index contributed by atoms with van der Waals surface area (Å²) in [6, 6.07) is 0. The fourth-order valence-corrected chi connectivity index (χ4v) is 0.991. The van der Waals surface area contributed by atoms with Gasteiger partial charge in [0.05, 0.1) is 5.71 Å². The van der Waals surface area contributed by atoms with Crippen molar-refractivity contribution in [1.82, 2.24) is 0 Å². The van der Waals surface area contributed by atoms with E-state index in [1.807, 2.05) is 0 Å². The Bertz CT molecular complexity index is 121. The standard InChI is InChI=1S/C9H19NO/c1-5-7-9(10-11-4)8(3)6-2/h8H,5-7H2,1-4H3/b10-9-/t8-/m1/s1. The van der Waals surface area contributed by atoms with E-state index in [0.717, 1.165) is 19.3 Å². The molecular weight excluding hydrogens is 138 g/mol. The Morgan fingerprint density at radius 2 is 2.09 bits per heavy atom. The first-order chi connectivity index (χ1) is 5.26. The molecule has 66 valence electrons. The minimum atomic E-state index is 0.565. The fourth-order valence-electron chi connectivity index (χ4n) is 0.991. The normalized spacial score (nSPS) is 14.7. The van der Waals surface area contributed by atoms with Gasteiger partial charge in [0, 0.05) is 0 Å². The minimum absolute atomic E-state index is 0.565. The van der Waals surface area contributed by atoms with Crippen molar-refractivity contribution in [3.8, 4) is 0 Å². The van der Waals surface area contributed by atoms with E-state index in [0.29, 0.717) is 5.92 Å². The van der Waals surface area contributed by atoms with E-state index in [1.165, 1.54) is 5.71 Å². The molecule has 2 nitrogen and oxygen atoms in total. The van der Waals surface area contributed by atoms with E-state index in [9.17, 15) is 0 Å². The maximum Gasteiger partial charge on any atom is 0.106 e. The Morgan fingerprint density at radius 3 is 2.45 bits per heavy atom. The van der Waals surface area contributed by atoms with Gasteiger partial charge in [0.2, 0.25) is 0 Å². The van der Waals surface area contributed by atoms with Crippen molar-refractivity contribution in [3.05, 3.63) is 0 Å². The molecule has 0 fully saturated rings. The van der Waals surface area contributed by atoms with E-state index in [2.05, 4.69) is 25.9 Å². The van der Waals surface area contributed by atoms with Crippen molar-refractivity contribution in [2.45, 2.75) is 40.0 Å². The molecule has 0 aromatic rings. The molecule has 0 aliphatic carbocycles. The van der Waals surface area contributed by atoms with Crippen LogP contribution in [0.5, 0.6) is 0 Å². The van der Waals surface area contributed by atoms with E-state index in [1.54, 1.807) is 7.11 Å². The molecule has 0 radical (unpaired) electrons. The molecule has 2 heteroatoms. The highest BCUT2D eigenvalue weighted by molar-refractivity contribution is 5.85. The van der Waals surface area contributed by atoms with Crippen LogP contribution < -0.4 is 0 Å². The van der Waals surface area contributed by atoms with Crippen molar-refractivity contribution >= 4 is 5.71 Å². The largest absolute Gasteiger partial charge is 0.399 e. The summed E-state index contributed by atoms with van der Waals surface area (Å²) in [4.78, 5) is 4.77. The van der Waals surface area contributed by atoms with Gasteiger partial charge in [-0.1, -0.05) is 32.3 Å². The Kier molecular flexibility index (Phi) is 5.90. The van der Waals surface area contributed by atoms with Gasteiger partial charge in [-0.25, -0.2) is 0 Å². The summed E-state index contributed by atoms with van der Waals surface area (Å²) in [5.41, 5.74) is 1.19. The Morgan fingerprint density at radius 1 is 1.45 bits per heavy atom. The van der Waals surface area contributed by atoms with Crippen molar-refractivity contribution in [2.75, 3.05) is 7.11 Å². The maximum atomic E-state index is 4.77. The van der Waals surface area contributed by atoms with Gasteiger partial charge < -0.3 is 4.84 Å². The predicted octanol–water partition coefficient (Wildman–Crippen LogP) is 2.84. The van der Waals surface area contributed by atoms with Gasteiger partial charge in [0.25, 0.3) is 0 Å². The van der Waals surface area contributed by atoms with Gasteiger partial charge in [-0.15, -0.1) is 0 Å². The van der Waals surface area contributed by atoms with E-state index in [-0.39, 0.29) is 0 Å². The predicted molar refractivity (Wildman–Crippen MR) is 48.8 cm³/mol.